The smallest absolute Gasteiger partial charge is 0.335 e. The van der Waals surface area contributed by atoms with Crippen molar-refractivity contribution in [2.45, 2.75) is 13.0 Å². The summed E-state index contributed by atoms with van der Waals surface area (Å²) in [6, 6.07) is 4.48. The molecule has 102 valence electrons. The molecule has 0 aliphatic heterocycles. The minimum atomic E-state index is -1.04. The lowest BCUT2D eigenvalue weighted by atomic mass is 10.2. The molecule has 0 unspecified atom stereocenters. The molecule has 2 heterocycles. The lowest BCUT2D eigenvalue weighted by Gasteiger charge is -2.01. The highest BCUT2D eigenvalue weighted by Crippen LogP contribution is 2.13. The first-order valence-corrected chi connectivity index (χ1v) is 5.86. The molecular weight excluding hydrogens is 264 g/mol. The Hall–Kier alpha value is -2.90. The number of imidazole rings is 1. The van der Waals surface area contributed by atoms with Crippen LogP contribution in [-0.4, -0.2) is 30.8 Å². The first-order chi connectivity index (χ1) is 9.65. The molecule has 0 saturated heterocycles. The van der Waals surface area contributed by atoms with Gasteiger partial charge >= 0.3 is 11.7 Å². The third kappa shape index (κ3) is 2.07. The number of aromatic amines is 1. The van der Waals surface area contributed by atoms with Gasteiger partial charge in [-0.1, -0.05) is 5.16 Å². The molecule has 2 N–H and O–H groups in total. The predicted octanol–water partition coefficient (Wildman–Crippen LogP) is 0.653. The fourth-order valence-corrected chi connectivity index (χ4v) is 2.02. The number of nitrogens with one attached hydrogen (secondary N) is 1. The highest BCUT2D eigenvalue weighted by atomic mass is 16.5. The van der Waals surface area contributed by atoms with Gasteiger partial charge in [-0.05, 0) is 18.2 Å². The normalized spacial score (nSPS) is 11.0. The molecule has 1 aromatic carbocycles. The monoisotopic (exact) mass is 274 g/mol. The summed E-state index contributed by atoms with van der Waals surface area (Å²) in [7, 11) is 0. The molecule has 0 aliphatic carbocycles. The second-order valence-electron chi connectivity index (χ2n) is 4.20. The van der Waals surface area contributed by atoms with Crippen LogP contribution in [0.15, 0.2) is 33.8 Å². The van der Waals surface area contributed by atoms with Gasteiger partial charge in [-0.25, -0.2) is 9.59 Å². The van der Waals surface area contributed by atoms with E-state index in [2.05, 4.69) is 15.1 Å². The lowest BCUT2D eigenvalue weighted by Crippen LogP contribution is -2.18. The number of benzene rings is 1. The number of hydrogen-bond donors (Lipinski definition) is 2. The van der Waals surface area contributed by atoms with E-state index in [-0.39, 0.29) is 11.3 Å². The van der Waals surface area contributed by atoms with Crippen LogP contribution in [-0.2, 0) is 13.0 Å². The number of fused-ring (bicyclic) bond motifs is 1. The van der Waals surface area contributed by atoms with Gasteiger partial charge < -0.3 is 14.6 Å². The second-order valence-corrected chi connectivity index (χ2v) is 4.20. The SMILES string of the molecule is O=C(O)c1ccc2[nH]c(=O)n(CCc3ncno3)c2c1. The Morgan fingerprint density at radius 2 is 2.30 bits per heavy atom. The van der Waals surface area contributed by atoms with Crippen molar-refractivity contribution in [2.75, 3.05) is 0 Å². The van der Waals surface area contributed by atoms with Crippen LogP contribution in [0, 0.1) is 0 Å². The molecule has 0 aliphatic rings. The van der Waals surface area contributed by atoms with Crippen LogP contribution in [0.3, 0.4) is 0 Å². The van der Waals surface area contributed by atoms with E-state index in [4.69, 9.17) is 9.63 Å². The molecule has 0 radical (unpaired) electrons. The van der Waals surface area contributed by atoms with Crippen LogP contribution >= 0.6 is 0 Å². The van der Waals surface area contributed by atoms with Crippen molar-refractivity contribution in [1.82, 2.24) is 19.7 Å². The lowest BCUT2D eigenvalue weighted by molar-refractivity contribution is 0.0697. The standard InChI is InChI=1S/C12H10N4O4/c17-11(18)7-1-2-8-9(5-7)16(12(19)15-8)4-3-10-13-6-14-20-10/h1-2,5-6H,3-4H2,(H,15,19)(H,17,18). The third-order valence-corrected chi connectivity index (χ3v) is 2.98. The Bertz CT molecular complexity index is 816. The Balaban J connectivity index is 2.00. The van der Waals surface area contributed by atoms with Crippen LogP contribution in [0.1, 0.15) is 16.2 Å². The van der Waals surface area contributed by atoms with Crippen LogP contribution in [0.4, 0.5) is 0 Å². The molecule has 0 bridgehead atoms. The van der Waals surface area contributed by atoms with Gasteiger partial charge in [-0.15, -0.1) is 0 Å². The number of carboxylic acid groups (broad SMARTS) is 1. The minimum Gasteiger partial charge on any atom is -0.478 e. The number of aryl methyl sites for hydroxylation is 2. The third-order valence-electron chi connectivity index (χ3n) is 2.98. The number of nitrogens with zero attached hydrogens (tertiary/aromatic N) is 3. The first kappa shape index (κ1) is 12.2. The van der Waals surface area contributed by atoms with E-state index in [1.807, 2.05) is 0 Å². The zero-order chi connectivity index (χ0) is 14.1. The minimum absolute atomic E-state index is 0.128. The van der Waals surface area contributed by atoms with Gasteiger partial charge in [0.15, 0.2) is 6.33 Å². The molecule has 20 heavy (non-hydrogen) atoms. The average molecular weight is 274 g/mol. The quantitative estimate of drug-likeness (QED) is 0.722. The molecule has 3 rings (SSSR count). The number of hydrogen-bond acceptors (Lipinski definition) is 5. The summed E-state index contributed by atoms with van der Waals surface area (Å²) in [6.45, 7) is 0.324. The van der Waals surface area contributed by atoms with Gasteiger partial charge in [0.2, 0.25) is 5.89 Å². The van der Waals surface area contributed by atoms with E-state index < -0.39 is 5.97 Å². The van der Waals surface area contributed by atoms with E-state index >= 15 is 0 Å². The summed E-state index contributed by atoms with van der Waals surface area (Å²) in [5.41, 5.74) is 0.949. The zero-order valence-electron chi connectivity index (χ0n) is 10.2. The molecule has 0 spiro atoms. The van der Waals surface area contributed by atoms with Crippen molar-refractivity contribution >= 4 is 17.0 Å². The van der Waals surface area contributed by atoms with E-state index in [9.17, 15) is 9.59 Å². The fraction of sp³-hybridized carbons (Fsp3) is 0.167. The molecule has 8 heteroatoms. The predicted molar refractivity (Wildman–Crippen MR) is 67.5 cm³/mol. The molecular formula is C12H10N4O4. The maximum atomic E-state index is 11.9. The Morgan fingerprint density at radius 3 is 3.00 bits per heavy atom. The van der Waals surface area contributed by atoms with Crippen molar-refractivity contribution in [3.05, 3.63) is 46.5 Å². The molecule has 2 aromatic heterocycles. The van der Waals surface area contributed by atoms with Crippen LogP contribution in [0.25, 0.3) is 11.0 Å². The molecule has 0 saturated carbocycles. The maximum absolute atomic E-state index is 11.9. The first-order valence-electron chi connectivity index (χ1n) is 5.86. The van der Waals surface area contributed by atoms with E-state index in [0.717, 1.165) is 0 Å². The number of aromatic carboxylic acids is 1. The molecule has 3 aromatic rings. The summed E-state index contributed by atoms with van der Waals surface area (Å²) in [5, 5.41) is 12.5. The summed E-state index contributed by atoms with van der Waals surface area (Å²) >= 11 is 0. The highest BCUT2D eigenvalue weighted by Gasteiger charge is 2.11. The van der Waals surface area contributed by atoms with Crippen LogP contribution in [0.2, 0.25) is 0 Å². The Kier molecular flexibility index (Phi) is 2.82. The summed E-state index contributed by atoms with van der Waals surface area (Å²) in [6.07, 6.45) is 1.68. The number of aromatic nitrogens is 4. The topological polar surface area (TPSA) is 114 Å². The van der Waals surface area contributed by atoms with E-state index in [1.54, 1.807) is 6.07 Å². The molecule has 0 atom stereocenters. The fourth-order valence-electron chi connectivity index (χ4n) is 2.02. The molecule has 0 fully saturated rings. The number of H-pyrrole nitrogens is 1. The van der Waals surface area contributed by atoms with E-state index in [1.165, 1.54) is 23.0 Å². The van der Waals surface area contributed by atoms with Crippen molar-refractivity contribution < 1.29 is 14.4 Å². The van der Waals surface area contributed by atoms with Gasteiger partial charge in [0.25, 0.3) is 0 Å². The Labute approximate surface area is 111 Å². The molecule has 8 nitrogen and oxygen atoms in total. The van der Waals surface area contributed by atoms with Gasteiger partial charge in [-0.2, -0.15) is 4.98 Å². The zero-order valence-corrected chi connectivity index (χ0v) is 10.2. The maximum Gasteiger partial charge on any atom is 0.335 e. The summed E-state index contributed by atoms with van der Waals surface area (Å²) in [5.74, 6) is -0.621. The van der Waals surface area contributed by atoms with Crippen LogP contribution < -0.4 is 5.69 Å². The Morgan fingerprint density at radius 1 is 1.45 bits per heavy atom. The van der Waals surface area contributed by atoms with Gasteiger partial charge in [0.05, 0.1) is 16.6 Å². The number of carboxylic acids is 1. The van der Waals surface area contributed by atoms with E-state index in [0.29, 0.717) is 29.9 Å². The van der Waals surface area contributed by atoms with Gasteiger partial charge in [-0.3, -0.25) is 4.57 Å². The summed E-state index contributed by atoms with van der Waals surface area (Å²) < 4.78 is 6.32. The second kappa shape index (κ2) is 4.65. The van der Waals surface area contributed by atoms with Crippen molar-refractivity contribution in [3.8, 4) is 0 Å². The highest BCUT2D eigenvalue weighted by molar-refractivity contribution is 5.92. The van der Waals surface area contributed by atoms with Gasteiger partial charge in [0, 0.05) is 13.0 Å². The summed E-state index contributed by atoms with van der Waals surface area (Å²) in [4.78, 5) is 29.4. The largest absolute Gasteiger partial charge is 0.478 e. The number of rotatable bonds is 4. The average Bonchev–Trinajstić information content (AvgIpc) is 3.02. The van der Waals surface area contributed by atoms with Crippen molar-refractivity contribution in [3.63, 3.8) is 0 Å². The molecule has 0 amide bonds. The number of carbonyl (C=O) groups is 1. The van der Waals surface area contributed by atoms with Crippen LogP contribution in [0.5, 0.6) is 0 Å². The van der Waals surface area contributed by atoms with Gasteiger partial charge in [0.1, 0.15) is 0 Å². The van der Waals surface area contributed by atoms with Crippen molar-refractivity contribution in [2.24, 2.45) is 0 Å². The van der Waals surface area contributed by atoms with Crippen molar-refractivity contribution in [1.29, 1.82) is 0 Å².